The molecule has 2 N–H and O–H groups in total. The van der Waals surface area contributed by atoms with Crippen molar-refractivity contribution in [1.29, 1.82) is 0 Å². The van der Waals surface area contributed by atoms with Crippen molar-refractivity contribution in [2.75, 3.05) is 11.9 Å². The Labute approximate surface area is 186 Å². The lowest BCUT2D eigenvalue weighted by molar-refractivity contribution is -0.116. The number of imidazole rings is 1. The second kappa shape index (κ2) is 9.51. The van der Waals surface area contributed by atoms with Crippen molar-refractivity contribution in [2.24, 2.45) is 0 Å². The Bertz CT molecular complexity index is 1220. The van der Waals surface area contributed by atoms with Crippen LogP contribution in [0, 0.1) is 13.8 Å². The quantitative estimate of drug-likeness (QED) is 0.409. The third kappa shape index (κ3) is 5.06. The second-order valence-electron chi connectivity index (χ2n) is 7.86. The molecule has 4 aromatic rings. The Kier molecular flexibility index (Phi) is 6.35. The topological polar surface area (TPSA) is 89.2 Å². The molecule has 0 aliphatic heterocycles. The molecular formula is C25H26N4O3. The summed E-state index contributed by atoms with van der Waals surface area (Å²) in [6, 6.07) is 17.1. The number of carbonyl (C=O) groups excluding carboxylic acids is 2. The molecule has 7 nitrogen and oxygen atoms in total. The zero-order valence-electron chi connectivity index (χ0n) is 18.2. The minimum absolute atomic E-state index is 0.106. The Morgan fingerprint density at radius 3 is 2.56 bits per heavy atom. The number of hydrogen-bond donors (Lipinski definition) is 2. The Morgan fingerprint density at radius 2 is 1.81 bits per heavy atom. The first-order valence-corrected chi connectivity index (χ1v) is 10.6. The van der Waals surface area contributed by atoms with Crippen molar-refractivity contribution in [3.05, 3.63) is 83.6 Å². The molecular weight excluding hydrogens is 404 g/mol. The fraction of sp³-hybridized carbons (Fsp3) is 0.240. The van der Waals surface area contributed by atoms with Gasteiger partial charge in [-0.3, -0.25) is 9.59 Å². The molecule has 4 rings (SSSR count). The van der Waals surface area contributed by atoms with Crippen LogP contribution < -0.4 is 10.6 Å². The highest BCUT2D eigenvalue weighted by atomic mass is 16.3. The highest BCUT2D eigenvalue weighted by Gasteiger charge is 2.14. The number of aromatic nitrogens is 2. The average Bonchev–Trinajstić information content (AvgIpc) is 3.39. The zero-order chi connectivity index (χ0) is 22.5. The molecule has 0 unspecified atom stereocenters. The first-order chi connectivity index (χ1) is 15.5. The highest BCUT2D eigenvalue weighted by Crippen LogP contribution is 2.18. The van der Waals surface area contributed by atoms with Gasteiger partial charge in [0.2, 0.25) is 5.91 Å². The summed E-state index contributed by atoms with van der Waals surface area (Å²) in [4.78, 5) is 29.6. The highest BCUT2D eigenvalue weighted by molar-refractivity contribution is 5.92. The molecule has 0 saturated carbocycles. The lowest BCUT2D eigenvalue weighted by Crippen LogP contribution is -2.25. The van der Waals surface area contributed by atoms with Crippen molar-refractivity contribution in [2.45, 2.75) is 33.2 Å². The van der Waals surface area contributed by atoms with E-state index >= 15 is 0 Å². The van der Waals surface area contributed by atoms with Crippen LogP contribution in [-0.2, 0) is 17.8 Å². The Balaban J connectivity index is 1.44. The molecule has 32 heavy (non-hydrogen) atoms. The third-order valence-electron chi connectivity index (χ3n) is 5.15. The van der Waals surface area contributed by atoms with E-state index in [-0.39, 0.29) is 18.4 Å². The van der Waals surface area contributed by atoms with Crippen LogP contribution in [0.25, 0.3) is 11.0 Å². The SMILES string of the molecule is Cc1cc(C)cc(NC(=O)Cn2c(CCCNC(=O)c3ccco3)nc3ccccc32)c1. The summed E-state index contributed by atoms with van der Waals surface area (Å²) in [6.45, 7) is 4.67. The molecule has 0 aliphatic rings. The van der Waals surface area contributed by atoms with Crippen LogP contribution in [0.5, 0.6) is 0 Å². The summed E-state index contributed by atoms with van der Waals surface area (Å²) in [7, 11) is 0. The largest absolute Gasteiger partial charge is 0.459 e. The van der Waals surface area contributed by atoms with E-state index in [0.29, 0.717) is 25.1 Å². The number of fused-ring (bicyclic) bond motifs is 1. The first kappa shape index (κ1) is 21.4. The number of benzene rings is 2. The number of aryl methyl sites for hydroxylation is 3. The number of anilines is 1. The molecule has 0 radical (unpaired) electrons. The van der Waals surface area contributed by atoms with E-state index in [4.69, 9.17) is 9.40 Å². The summed E-state index contributed by atoms with van der Waals surface area (Å²) in [6.07, 6.45) is 2.79. The second-order valence-corrected chi connectivity index (χ2v) is 7.86. The minimum atomic E-state index is -0.240. The van der Waals surface area contributed by atoms with E-state index in [1.54, 1.807) is 12.1 Å². The van der Waals surface area contributed by atoms with E-state index in [9.17, 15) is 9.59 Å². The molecule has 0 fully saturated rings. The number of carbonyl (C=O) groups is 2. The number of furan rings is 1. The van der Waals surface area contributed by atoms with Crippen LogP contribution in [-0.4, -0.2) is 27.9 Å². The molecule has 0 aliphatic carbocycles. The Hall–Kier alpha value is -3.87. The van der Waals surface area contributed by atoms with E-state index in [1.807, 2.05) is 54.8 Å². The van der Waals surface area contributed by atoms with Gasteiger partial charge in [0.25, 0.3) is 5.91 Å². The molecule has 0 spiro atoms. The van der Waals surface area contributed by atoms with E-state index in [2.05, 4.69) is 16.7 Å². The molecule has 0 saturated heterocycles. The van der Waals surface area contributed by atoms with Crippen LogP contribution in [0.3, 0.4) is 0 Å². The van der Waals surface area contributed by atoms with Gasteiger partial charge in [0.05, 0.1) is 17.3 Å². The fourth-order valence-electron chi connectivity index (χ4n) is 3.83. The molecule has 2 aromatic carbocycles. The van der Waals surface area contributed by atoms with E-state index in [1.165, 1.54) is 6.26 Å². The molecule has 2 heterocycles. The van der Waals surface area contributed by atoms with E-state index < -0.39 is 0 Å². The van der Waals surface area contributed by atoms with Gasteiger partial charge in [0, 0.05) is 18.7 Å². The zero-order valence-corrected chi connectivity index (χ0v) is 18.2. The maximum absolute atomic E-state index is 12.8. The Morgan fingerprint density at radius 1 is 1.03 bits per heavy atom. The molecule has 2 aromatic heterocycles. The van der Waals surface area contributed by atoms with Crippen molar-refractivity contribution < 1.29 is 14.0 Å². The lowest BCUT2D eigenvalue weighted by atomic mass is 10.1. The smallest absolute Gasteiger partial charge is 0.286 e. The fourth-order valence-corrected chi connectivity index (χ4v) is 3.83. The van der Waals surface area contributed by atoms with Gasteiger partial charge in [-0.05, 0) is 67.8 Å². The van der Waals surface area contributed by atoms with Crippen LogP contribution >= 0.6 is 0 Å². The van der Waals surface area contributed by atoms with Gasteiger partial charge in [-0.15, -0.1) is 0 Å². The predicted octanol–water partition coefficient (Wildman–Crippen LogP) is 4.25. The lowest BCUT2D eigenvalue weighted by Gasteiger charge is -2.11. The number of amides is 2. The minimum Gasteiger partial charge on any atom is -0.459 e. The predicted molar refractivity (Wildman–Crippen MR) is 124 cm³/mol. The molecule has 0 atom stereocenters. The molecule has 7 heteroatoms. The van der Waals surface area contributed by atoms with E-state index in [0.717, 1.165) is 33.7 Å². The molecule has 2 amide bonds. The summed E-state index contributed by atoms with van der Waals surface area (Å²) < 4.78 is 7.05. The van der Waals surface area contributed by atoms with Gasteiger partial charge in [0.1, 0.15) is 12.4 Å². The number of nitrogens with one attached hydrogen (secondary N) is 2. The molecule has 164 valence electrons. The van der Waals surface area contributed by atoms with Crippen LogP contribution in [0.1, 0.15) is 33.9 Å². The summed E-state index contributed by atoms with van der Waals surface area (Å²) >= 11 is 0. The van der Waals surface area contributed by atoms with Crippen molar-refractivity contribution in [1.82, 2.24) is 14.9 Å². The standard InChI is InChI=1S/C25H26N4O3/c1-17-13-18(2)15-19(14-17)27-24(30)16-29-21-8-4-3-7-20(21)28-23(29)10-5-11-26-25(31)22-9-6-12-32-22/h3-4,6-9,12-15H,5,10-11,16H2,1-2H3,(H,26,31)(H,27,30). The number of rotatable bonds is 8. The van der Waals surface area contributed by atoms with Gasteiger partial charge in [-0.25, -0.2) is 4.98 Å². The van der Waals surface area contributed by atoms with Crippen LogP contribution in [0.4, 0.5) is 5.69 Å². The summed E-state index contributed by atoms with van der Waals surface area (Å²) in [5, 5.41) is 5.84. The van der Waals surface area contributed by atoms with Gasteiger partial charge in [-0.1, -0.05) is 18.2 Å². The third-order valence-corrected chi connectivity index (χ3v) is 5.15. The van der Waals surface area contributed by atoms with Gasteiger partial charge >= 0.3 is 0 Å². The van der Waals surface area contributed by atoms with Crippen molar-refractivity contribution in [3.8, 4) is 0 Å². The van der Waals surface area contributed by atoms with Gasteiger partial charge in [-0.2, -0.15) is 0 Å². The number of hydrogen-bond acceptors (Lipinski definition) is 4. The maximum atomic E-state index is 12.8. The first-order valence-electron chi connectivity index (χ1n) is 10.6. The molecule has 0 bridgehead atoms. The number of para-hydroxylation sites is 2. The van der Waals surface area contributed by atoms with Crippen molar-refractivity contribution >= 4 is 28.5 Å². The monoisotopic (exact) mass is 430 g/mol. The van der Waals surface area contributed by atoms with Gasteiger partial charge in [0.15, 0.2) is 5.76 Å². The van der Waals surface area contributed by atoms with Gasteiger partial charge < -0.3 is 19.6 Å². The van der Waals surface area contributed by atoms with Crippen LogP contribution in [0.2, 0.25) is 0 Å². The summed E-state index contributed by atoms with van der Waals surface area (Å²) in [5.74, 6) is 0.760. The summed E-state index contributed by atoms with van der Waals surface area (Å²) in [5.41, 5.74) is 4.76. The van der Waals surface area contributed by atoms with Crippen molar-refractivity contribution in [3.63, 3.8) is 0 Å². The number of nitrogens with zero attached hydrogens (tertiary/aromatic N) is 2. The van der Waals surface area contributed by atoms with Crippen LogP contribution in [0.15, 0.2) is 65.3 Å². The maximum Gasteiger partial charge on any atom is 0.286 e. The average molecular weight is 431 g/mol. The normalized spacial score (nSPS) is 10.9.